The third-order valence-electron chi connectivity index (χ3n) is 4.63. The molecule has 0 aliphatic rings. The summed E-state index contributed by atoms with van der Waals surface area (Å²) in [6.07, 6.45) is 4.35. The number of hydrogen-bond acceptors (Lipinski definition) is 4. The van der Waals surface area contributed by atoms with E-state index in [1.54, 1.807) is 6.20 Å². The lowest BCUT2D eigenvalue weighted by molar-refractivity contribution is 0.0971. The second-order valence-corrected chi connectivity index (χ2v) is 8.08. The first-order chi connectivity index (χ1) is 13.4. The lowest BCUT2D eigenvalue weighted by Crippen LogP contribution is -2.13. The standard InChI is InChI=1S/C22H24BrN3O2/c1-26(2)10-6-5-9-20(27)19-13-16-11-15(14-24-22(16)25-19)12-21(28)17-7-3-4-8-18(17)23/h3-4,7-8,11,13-14H,5-6,9-10,12H2,1-2H3,(H,24,25). The highest BCUT2D eigenvalue weighted by Crippen LogP contribution is 2.20. The molecule has 5 nitrogen and oxygen atoms in total. The Morgan fingerprint density at radius 1 is 1.11 bits per heavy atom. The van der Waals surface area contributed by atoms with Crippen molar-refractivity contribution < 1.29 is 9.59 Å². The Bertz CT molecular complexity index is 994. The molecule has 0 fully saturated rings. The normalized spacial score (nSPS) is 11.3. The Balaban J connectivity index is 1.68. The molecule has 2 aromatic heterocycles. The van der Waals surface area contributed by atoms with Gasteiger partial charge in [-0.05, 0) is 57.2 Å². The van der Waals surface area contributed by atoms with Crippen molar-refractivity contribution in [2.75, 3.05) is 20.6 Å². The molecule has 146 valence electrons. The maximum Gasteiger partial charge on any atom is 0.179 e. The zero-order valence-electron chi connectivity index (χ0n) is 16.2. The number of hydrogen-bond donors (Lipinski definition) is 1. The van der Waals surface area contributed by atoms with Gasteiger partial charge in [-0.25, -0.2) is 4.98 Å². The summed E-state index contributed by atoms with van der Waals surface area (Å²) in [4.78, 5) is 34.6. The monoisotopic (exact) mass is 441 g/mol. The molecule has 3 rings (SSSR count). The van der Waals surface area contributed by atoms with Crippen LogP contribution in [-0.4, -0.2) is 47.1 Å². The van der Waals surface area contributed by atoms with E-state index >= 15 is 0 Å². The highest BCUT2D eigenvalue weighted by molar-refractivity contribution is 9.10. The van der Waals surface area contributed by atoms with Gasteiger partial charge in [0.05, 0.1) is 5.69 Å². The van der Waals surface area contributed by atoms with E-state index in [1.165, 1.54) is 0 Å². The molecule has 0 saturated heterocycles. The molecular weight excluding hydrogens is 418 g/mol. The van der Waals surface area contributed by atoms with Crippen molar-refractivity contribution in [3.05, 3.63) is 63.9 Å². The number of rotatable bonds is 9. The number of H-pyrrole nitrogens is 1. The first-order valence-electron chi connectivity index (χ1n) is 9.37. The van der Waals surface area contributed by atoms with Crippen LogP contribution in [0.1, 0.15) is 45.7 Å². The zero-order valence-corrected chi connectivity index (χ0v) is 17.8. The van der Waals surface area contributed by atoms with Crippen molar-refractivity contribution in [3.8, 4) is 0 Å². The minimum atomic E-state index is 0.0290. The van der Waals surface area contributed by atoms with Crippen LogP contribution in [0.3, 0.4) is 0 Å². The van der Waals surface area contributed by atoms with Crippen LogP contribution in [0, 0.1) is 0 Å². The molecule has 0 atom stereocenters. The van der Waals surface area contributed by atoms with E-state index in [2.05, 4.69) is 30.8 Å². The summed E-state index contributed by atoms with van der Waals surface area (Å²) in [6, 6.07) is 11.2. The van der Waals surface area contributed by atoms with Crippen molar-refractivity contribution in [2.24, 2.45) is 0 Å². The van der Waals surface area contributed by atoms with Gasteiger partial charge >= 0.3 is 0 Å². The van der Waals surface area contributed by atoms with Crippen LogP contribution in [0.2, 0.25) is 0 Å². The van der Waals surface area contributed by atoms with Crippen molar-refractivity contribution in [3.63, 3.8) is 0 Å². The van der Waals surface area contributed by atoms with Crippen molar-refractivity contribution in [1.82, 2.24) is 14.9 Å². The Morgan fingerprint density at radius 3 is 2.64 bits per heavy atom. The van der Waals surface area contributed by atoms with Gasteiger partial charge in [0.2, 0.25) is 0 Å². The zero-order chi connectivity index (χ0) is 20.1. The third kappa shape index (κ3) is 5.14. The molecule has 2 heterocycles. The predicted octanol–water partition coefficient (Wildman–Crippen LogP) is 4.67. The summed E-state index contributed by atoms with van der Waals surface area (Å²) < 4.78 is 0.790. The average Bonchev–Trinajstić information content (AvgIpc) is 3.08. The van der Waals surface area contributed by atoms with Gasteiger partial charge in [0, 0.05) is 34.5 Å². The average molecular weight is 442 g/mol. The van der Waals surface area contributed by atoms with Crippen molar-refractivity contribution >= 4 is 38.5 Å². The molecule has 0 radical (unpaired) electrons. The Kier molecular flexibility index (Phi) is 6.75. The van der Waals surface area contributed by atoms with E-state index in [1.807, 2.05) is 50.5 Å². The van der Waals surface area contributed by atoms with Gasteiger partial charge in [0.1, 0.15) is 5.65 Å². The lowest BCUT2D eigenvalue weighted by Gasteiger charge is -2.07. The summed E-state index contributed by atoms with van der Waals surface area (Å²) in [6.45, 7) is 0.983. The van der Waals surface area contributed by atoms with Crippen molar-refractivity contribution in [2.45, 2.75) is 25.7 Å². The molecule has 6 heteroatoms. The van der Waals surface area contributed by atoms with Gasteiger partial charge in [-0.3, -0.25) is 9.59 Å². The maximum atomic E-state index is 12.6. The largest absolute Gasteiger partial charge is 0.337 e. The van der Waals surface area contributed by atoms with Gasteiger partial charge in [-0.2, -0.15) is 0 Å². The maximum absolute atomic E-state index is 12.6. The smallest absolute Gasteiger partial charge is 0.179 e. The molecule has 0 unspecified atom stereocenters. The molecule has 1 N–H and O–H groups in total. The number of carbonyl (C=O) groups excluding carboxylic acids is 2. The van der Waals surface area contributed by atoms with E-state index in [0.717, 1.165) is 34.8 Å². The fraction of sp³-hybridized carbons (Fsp3) is 0.318. The van der Waals surface area contributed by atoms with Crippen LogP contribution >= 0.6 is 15.9 Å². The van der Waals surface area contributed by atoms with Crippen LogP contribution in [0.4, 0.5) is 0 Å². The SMILES string of the molecule is CN(C)CCCCC(=O)c1cc2cc(CC(=O)c3ccccc3Br)cnc2[nH]1. The Hall–Kier alpha value is -2.31. The van der Waals surface area contributed by atoms with E-state index in [0.29, 0.717) is 23.3 Å². The summed E-state index contributed by atoms with van der Waals surface area (Å²) in [7, 11) is 4.06. The van der Waals surface area contributed by atoms with Crippen molar-refractivity contribution in [1.29, 1.82) is 0 Å². The van der Waals surface area contributed by atoms with E-state index in [4.69, 9.17) is 0 Å². The molecule has 0 amide bonds. The second-order valence-electron chi connectivity index (χ2n) is 7.23. The molecular formula is C22H24BrN3O2. The molecule has 0 spiro atoms. The Morgan fingerprint density at radius 2 is 1.89 bits per heavy atom. The van der Waals surface area contributed by atoms with Crippen LogP contribution in [-0.2, 0) is 6.42 Å². The number of pyridine rings is 1. The lowest BCUT2D eigenvalue weighted by atomic mass is 10.0. The molecule has 1 aromatic carbocycles. The number of nitrogens with zero attached hydrogens (tertiary/aromatic N) is 2. The Labute approximate surface area is 173 Å². The molecule has 0 bridgehead atoms. The number of carbonyl (C=O) groups is 2. The number of benzene rings is 1. The number of halogens is 1. The molecule has 0 aliphatic heterocycles. The van der Waals surface area contributed by atoms with E-state index < -0.39 is 0 Å². The highest BCUT2D eigenvalue weighted by atomic mass is 79.9. The summed E-state index contributed by atoms with van der Waals surface area (Å²) in [5, 5.41) is 0.856. The fourth-order valence-corrected chi connectivity index (χ4v) is 3.63. The van der Waals surface area contributed by atoms with Crippen LogP contribution in [0.25, 0.3) is 11.0 Å². The number of aromatic amines is 1. The first-order valence-corrected chi connectivity index (χ1v) is 10.2. The summed E-state index contributed by atoms with van der Waals surface area (Å²) >= 11 is 3.42. The van der Waals surface area contributed by atoms with Gasteiger partial charge in [0.15, 0.2) is 11.6 Å². The van der Waals surface area contributed by atoms with Gasteiger partial charge < -0.3 is 9.88 Å². The number of unbranched alkanes of at least 4 members (excludes halogenated alkanes) is 1. The second kappa shape index (κ2) is 9.26. The summed E-state index contributed by atoms with van der Waals surface area (Å²) in [5.41, 5.74) is 2.75. The third-order valence-corrected chi connectivity index (χ3v) is 5.32. The van der Waals surface area contributed by atoms with Gasteiger partial charge in [0.25, 0.3) is 0 Å². The number of aromatic nitrogens is 2. The minimum Gasteiger partial charge on any atom is -0.337 e. The topological polar surface area (TPSA) is 66.1 Å². The number of fused-ring (bicyclic) bond motifs is 1. The van der Waals surface area contributed by atoms with Gasteiger partial charge in [-0.1, -0.05) is 34.1 Å². The van der Waals surface area contributed by atoms with Crippen LogP contribution in [0.5, 0.6) is 0 Å². The first kappa shape index (κ1) is 20.4. The number of Topliss-reactive ketones (excluding diaryl/α,β-unsaturated/α-hetero) is 2. The molecule has 0 aliphatic carbocycles. The van der Waals surface area contributed by atoms with Crippen LogP contribution in [0.15, 0.2) is 47.1 Å². The van der Waals surface area contributed by atoms with E-state index in [9.17, 15) is 9.59 Å². The summed E-state index contributed by atoms with van der Waals surface area (Å²) in [5.74, 6) is 0.129. The molecule has 3 aromatic rings. The van der Waals surface area contributed by atoms with E-state index in [-0.39, 0.29) is 18.0 Å². The van der Waals surface area contributed by atoms with Gasteiger partial charge in [-0.15, -0.1) is 0 Å². The molecule has 28 heavy (non-hydrogen) atoms. The fourth-order valence-electron chi connectivity index (χ4n) is 3.12. The van der Waals surface area contributed by atoms with Crippen LogP contribution < -0.4 is 0 Å². The highest BCUT2D eigenvalue weighted by Gasteiger charge is 2.13. The minimum absolute atomic E-state index is 0.0290. The predicted molar refractivity (Wildman–Crippen MR) is 115 cm³/mol. The number of ketones is 2. The molecule has 0 saturated carbocycles. The number of nitrogens with one attached hydrogen (secondary N) is 1. The quantitative estimate of drug-likeness (QED) is 0.387.